The Labute approximate surface area is 62.6 Å². The molecule has 0 spiro atoms. The average molecular weight is 139 g/mol. The van der Waals surface area contributed by atoms with E-state index in [9.17, 15) is 0 Å². The van der Waals surface area contributed by atoms with Crippen LogP contribution >= 0.6 is 0 Å². The Kier molecular flexibility index (Phi) is 1.91. The van der Waals surface area contributed by atoms with E-state index in [4.69, 9.17) is 0 Å². The minimum atomic E-state index is 0.997. The van der Waals surface area contributed by atoms with E-state index in [1.54, 1.807) is 0 Å². The topological polar surface area (TPSA) is 17.3 Å². The first-order valence-corrected chi connectivity index (χ1v) is 4.37. The molecule has 0 aromatic carbocycles. The third-order valence-corrected chi connectivity index (χ3v) is 2.66. The summed E-state index contributed by atoms with van der Waals surface area (Å²) in [7, 11) is 0. The van der Waals surface area contributed by atoms with Crippen LogP contribution in [0.1, 0.15) is 25.7 Å². The maximum Gasteiger partial charge on any atom is 0.0309 e. The highest BCUT2D eigenvalue weighted by molar-refractivity contribution is 4.72. The largest absolute Gasteiger partial charge is 0.227 e. The highest BCUT2D eigenvalue weighted by Gasteiger charge is 2.20. The molecule has 2 unspecified atom stereocenters. The van der Waals surface area contributed by atoms with Gasteiger partial charge in [0.1, 0.15) is 0 Å². The van der Waals surface area contributed by atoms with Crippen LogP contribution in [0.5, 0.6) is 0 Å². The van der Waals surface area contributed by atoms with Gasteiger partial charge in [0, 0.05) is 19.6 Å². The first-order valence-electron chi connectivity index (χ1n) is 4.37. The molecule has 0 aliphatic carbocycles. The minimum Gasteiger partial charge on any atom is -0.227 e. The Balaban J connectivity index is 2.01. The first kappa shape index (κ1) is 6.62. The molecule has 2 saturated heterocycles. The van der Waals surface area contributed by atoms with Gasteiger partial charge in [0.2, 0.25) is 0 Å². The van der Waals surface area contributed by atoms with E-state index in [0.29, 0.717) is 0 Å². The second-order valence-electron chi connectivity index (χ2n) is 3.40. The van der Waals surface area contributed by atoms with Crippen LogP contribution in [0.2, 0.25) is 0 Å². The molecule has 2 heteroatoms. The van der Waals surface area contributed by atoms with Crippen molar-refractivity contribution in [3.8, 4) is 0 Å². The lowest BCUT2D eigenvalue weighted by molar-refractivity contribution is 0.193. The predicted octanol–water partition coefficient (Wildman–Crippen LogP) is 1.01. The maximum absolute atomic E-state index is 4.48. The second-order valence-corrected chi connectivity index (χ2v) is 3.40. The van der Waals surface area contributed by atoms with Crippen LogP contribution in [0.15, 0.2) is 0 Å². The fourth-order valence-electron chi connectivity index (χ4n) is 1.96. The molecule has 2 aliphatic heterocycles. The van der Waals surface area contributed by atoms with E-state index in [1.807, 2.05) is 0 Å². The maximum atomic E-state index is 4.48. The van der Waals surface area contributed by atoms with Gasteiger partial charge < -0.3 is 0 Å². The lowest BCUT2D eigenvalue weighted by atomic mass is 9.97. The van der Waals surface area contributed by atoms with Crippen molar-refractivity contribution in [2.24, 2.45) is 5.92 Å². The van der Waals surface area contributed by atoms with Crippen LogP contribution in [0.4, 0.5) is 0 Å². The monoisotopic (exact) mass is 139 g/mol. The molecule has 2 rings (SSSR count). The van der Waals surface area contributed by atoms with Crippen molar-refractivity contribution in [2.45, 2.75) is 25.7 Å². The molecule has 10 heavy (non-hydrogen) atoms. The lowest BCUT2D eigenvalue weighted by Crippen LogP contribution is -2.32. The molecular weight excluding hydrogens is 124 g/mol. The summed E-state index contributed by atoms with van der Waals surface area (Å²) < 4.78 is 0. The molecule has 0 saturated carbocycles. The van der Waals surface area contributed by atoms with Crippen LogP contribution < -0.4 is 5.43 Å². The van der Waals surface area contributed by atoms with E-state index in [1.165, 1.54) is 38.8 Å². The zero-order chi connectivity index (χ0) is 6.81. The molecule has 2 fully saturated rings. The summed E-state index contributed by atoms with van der Waals surface area (Å²) in [5.74, 6) is 0.997. The van der Waals surface area contributed by atoms with Crippen molar-refractivity contribution < 1.29 is 0 Å². The number of fused-ring (bicyclic) bond motifs is 3. The summed E-state index contributed by atoms with van der Waals surface area (Å²) in [6, 6.07) is 0. The van der Waals surface area contributed by atoms with Crippen molar-refractivity contribution >= 4 is 0 Å². The molecule has 1 radical (unpaired) electrons. The smallest absolute Gasteiger partial charge is 0.0309 e. The zero-order valence-corrected chi connectivity index (χ0v) is 6.42. The van der Waals surface area contributed by atoms with E-state index in [-0.39, 0.29) is 0 Å². The second kappa shape index (κ2) is 2.89. The molecule has 0 aromatic rings. The van der Waals surface area contributed by atoms with Crippen LogP contribution in [-0.2, 0) is 0 Å². The summed E-state index contributed by atoms with van der Waals surface area (Å²) in [5, 5.41) is 2.27. The van der Waals surface area contributed by atoms with Gasteiger partial charge in [-0.15, -0.1) is 0 Å². The molecule has 57 valence electrons. The Morgan fingerprint density at radius 1 is 1.10 bits per heavy atom. The minimum absolute atomic E-state index is 0.997. The Bertz CT molecular complexity index is 91.8. The summed E-state index contributed by atoms with van der Waals surface area (Å²) in [6.07, 6.45) is 5.56. The molecule has 2 bridgehead atoms. The van der Waals surface area contributed by atoms with Gasteiger partial charge in [0.05, 0.1) is 0 Å². The number of rotatable bonds is 0. The number of nitrogens with zero attached hydrogens (tertiary/aromatic N) is 2. The number of hydrogen-bond donors (Lipinski definition) is 0. The van der Waals surface area contributed by atoms with Crippen molar-refractivity contribution in [3.63, 3.8) is 0 Å². The van der Waals surface area contributed by atoms with Crippen molar-refractivity contribution in [2.75, 3.05) is 19.6 Å². The average Bonchev–Trinajstić information content (AvgIpc) is 2.17. The van der Waals surface area contributed by atoms with Gasteiger partial charge in [0.25, 0.3) is 0 Å². The van der Waals surface area contributed by atoms with Crippen LogP contribution in [0, 0.1) is 5.92 Å². The molecule has 2 atom stereocenters. The molecule has 0 amide bonds. The standard InChI is InChI=1S/C8H15N2/c1-2-8-3-5-9-10(6-1)7-4-8/h8H,1-7H2. The Morgan fingerprint density at radius 3 is 3.10 bits per heavy atom. The lowest BCUT2D eigenvalue weighted by Gasteiger charge is -2.17. The summed E-state index contributed by atoms with van der Waals surface area (Å²) in [5.41, 5.74) is 4.48. The van der Waals surface area contributed by atoms with Crippen molar-refractivity contribution in [3.05, 3.63) is 0 Å². The molecule has 2 nitrogen and oxygen atoms in total. The molecular formula is C8H15N2. The first-order chi connectivity index (χ1) is 4.95. The molecule has 0 aromatic heterocycles. The van der Waals surface area contributed by atoms with Crippen molar-refractivity contribution in [1.29, 1.82) is 0 Å². The third-order valence-electron chi connectivity index (χ3n) is 2.66. The fraction of sp³-hybridized carbons (Fsp3) is 1.00. The summed E-state index contributed by atoms with van der Waals surface area (Å²) in [6.45, 7) is 3.53. The quantitative estimate of drug-likeness (QED) is 0.489. The van der Waals surface area contributed by atoms with E-state index in [0.717, 1.165) is 12.5 Å². The van der Waals surface area contributed by atoms with E-state index >= 15 is 0 Å². The van der Waals surface area contributed by atoms with Crippen LogP contribution in [-0.4, -0.2) is 24.6 Å². The van der Waals surface area contributed by atoms with Crippen molar-refractivity contribution in [1.82, 2.24) is 10.4 Å². The normalized spacial score (nSPS) is 40.8. The Hall–Kier alpha value is -0.0800. The fourth-order valence-corrected chi connectivity index (χ4v) is 1.96. The zero-order valence-electron chi connectivity index (χ0n) is 6.42. The van der Waals surface area contributed by atoms with Gasteiger partial charge in [-0.1, -0.05) is 0 Å². The summed E-state index contributed by atoms with van der Waals surface area (Å²) >= 11 is 0. The van der Waals surface area contributed by atoms with Crippen LogP contribution in [0.3, 0.4) is 0 Å². The van der Waals surface area contributed by atoms with Gasteiger partial charge in [-0.2, -0.15) is 5.43 Å². The molecule has 0 N–H and O–H groups in total. The molecule has 2 aliphatic rings. The van der Waals surface area contributed by atoms with Gasteiger partial charge in [-0.25, -0.2) is 5.01 Å². The van der Waals surface area contributed by atoms with Gasteiger partial charge >= 0.3 is 0 Å². The highest BCUT2D eigenvalue weighted by Crippen LogP contribution is 2.22. The summed E-state index contributed by atoms with van der Waals surface area (Å²) in [4.78, 5) is 0. The predicted molar refractivity (Wildman–Crippen MR) is 40.5 cm³/mol. The van der Waals surface area contributed by atoms with Gasteiger partial charge in [-0.3, -0.25) is 0 Å². The molecule has 2 heterocycles. The van der Waals surface area contributed by atoms with E-state index < -0.39 is 0 Å². The third kappa shape index (κ3) is 1.32. The van der Waals surface area contributed by atoms with E-state index in [2.05, 4.69) is 10.4 Å². The van der Waals surface area contributed by atoms with Gasteiger partial charge in [-0.05, 0) is 31.6 Å². The number of hydrogen-bond acceptors (Lipinski definition) is 1. The Morgan fingerprint density at radius 2 is 2.10 bits per heavy atom. The SMILES string of the molecule is C1CC2CC[N]N(C1)CC2. The van der Waals surface area contributed by atoms with Gasteiger partial charge in [0.15, 0.2) is 0 Å². The van der Waals surface area contributed by atoms with Crippen LogP contribution in [0.25, 0.3) is 0 Å². The highest BCUT2D eigenvalue weighted by atomic mass is 15.5.